The summed E-state index contributed by atoms with van der Waals surface area (Å²) in [5.41, 5.74) is 0.983. The van der Waals surface area contributed by atoms with Crippen LogP contribution in [-0.2, 0) is 21.2 Å². The molecule has 1 rings (SSSR count). The number of carbonyl (C=O) groups excluding carboxylic acids is 1. The van der Waals surface area contributed by atoms with E-state index in [2.05, 4.69) is 5.32 Å². The van der Waals surface area contributed by atoms with Crippen molar-refractivity contribution in [3.05, 3.63) is 29.8 Å². The van der Waals surface area contributed by atoms with Crippen LogP contribution in [0.4, 0.5) is 4.79 Å². The zero-order valence-electron chi connectivity index (χ0n) is 13.7. The number of amides is 1. The van der Waals surface area contributed by atoms with Crippen LogP contribution in [0.25, 0.3) is 0 Å². The summed E-state index contributed by atoms with van der Waals surface area (Å²) in [5.74, 6) is 0.734. The number of hydrogen-bond donors (Lipinski definition) is 1. The first-order chi connectivity index (χ1) is 10.9. The van der Waals surface area contributed by atoms with Crippen molar-refractivity contribution >= 4 is 16.1 Å². The second-order valence-corrected chi connectivity index (χ2v) is 6.89. The Kier molecular flexibility index (Phi) is 7.84. The zero-order chi connectivity index (χ0) is 17.3. The fourth-order valence-corrected chi connectivity index (χ4v) is 2.84. The molecule has 0 bridgehead atoms. The van der Waals surface area contributed by atoms with Gasteiger partial charge in [-0.2, -0.15) is 0 Å². The first-order valence-corrected chi connectivity index (χ1v) is 9.20. The van der Waals surface area contributed by atoms with Crippen molar-refractivity contribution in [2.45, 2.75) is 13.3 Å². The molecule has 1 aromatic carbocycles. The van der Waals surface area contributed by atoms with Crippen LogP contribution in [0.3, 0.4) is 0 Å². The van der Waals surface area contributed by atoms with Crippen LogP contribution in [0.5, 0.6) is 5.75 Å². The Bertz CT molecular complexity index is 604. The molecule has 0 aliphatic carbocycles. The molecule has 130 valence electrons. The Labute approximate surface area is 137 Å². The van der Waals surface area contributed by atoms with Gasteiger partial charge in [0, 0.05) is 19.6 Å². The van der Waals surface area contributed by atoms with Gasteiger partial charge in [0.1, 0.15) is 5.75 Å². The number of sulfonamides is 1. The van der Waals surface area contributed by atoms with Crippen molar-refractivity contribution in [3.63, 3.8) is 0 Å². The largest absolute Gasteiger partial charge is 0.497 e. The van der Waals surface area contributed by atoms with Crippen LogP contribution in [0.1, 0.15) is 12.5 Å². The lowest BCUT2D eigenvalue weighted by Gasteiger charge is -2.20. The molecule has 0 saturated heterocycles. The van der Waals surface area contributed by atoms with Gasteiger partial charge in [0.15, 0.2) is 0 Å². The molecule has 0 atom stereocenters. The molecule has 0 saturated carbocycles. The number of methoxy groups -OCH3 is 1. The number of benzene rings is 1. The Morgan fingerprint density at radius 2 is 2.04 bits per heavy atom. The maximum absolute atomic E-state index is 11.8. The molecule has 1 aromatic rings. The third kappa shape index (κ3) is 7.34. The van der Waals surface area contributed by atoms with Gasteiger partial charge >= 0.3 is 6.09 Å². The van der Waals surface area contributed by atoms with E-state index in [0.29, 0.717) is 13.0 Å². The van der Waals surface area contributed by atoms with Gasteiger partial charge in [-0.1, -0.05) is 12.1 Å². The van der Waals surface area contributed by atoms with E-state index in [1.807, 2.05) is 24.3 Å². The van der Waals surface area contributed by atoms with Gasteiger partial charge in [0.2, 0.25) is 10.0 Å². The number of carbonyl (C=O) groups is 1. The average Bonchev–Trinajstić information content (AvgIpc) is 2.50. The summed E-state index contributed by atoms with van der Waals surface area (Å²) >= 11 is 0. The molecular weight excluding hydrogens is 320 g/mol. The Balaban J connectivity index is 2.56. The summed E-state index contributed by atoms with van der Waals surface area (Å²) in [6, 6.07) is 7.49. The van der Waals surface area contributed by atoms with Crippen LogP contribution >= 0.6 is 0 Å². The monoisotopic (exact) mass is 344 g/mol. The third-order valence-electron chi connectivity index (χ3n) is 3.16. The molecule has 8 heteroatoms. The smallest absolute Gasteiger partial charge is 0.407 e. The van der Waals surface area contributed by atoms with Gasteiger partial charge in [-0.25, -0.2) is 17.5 Å². The first-order valence-electron chi connectivity index (χ1n) is 7.35. The lowest BCUT2D eigenvalue weighted by Crippen LogP contribution is -2.39. The summed E-state index contributed by atoms with van der Waals surface area (Å²) < 4.78 is 34.9. The van der Waals surface area contributed by atoms with Gasteiger partial charge < -0.3 is 14.8 Å². The molecule has 0 aliphatic heterocycles. The van der Waals surface area contributed by atoms with Gasteiger partial charge in [-0.05, 0) is 31.0 Å². The van der Waals surface area contributed by atoms with E-state index < -0.39 is 16.1 Å². The van der Waals surface area contributed by atoms with Crippen molar-refractivity contribution in [1.29, 1.82) is 0 Å². The molecule has 0 heterocycles. The topological polar surface area (TPSA) is 84.9 Å². The highest BCUT2D eigenvalue weighted by Gasteiger charge is 2.16. The minimum atomic E-state index is -3.35. The molecule has 0 radical (unpaired) electrons. The minimum Gasteiger partial charge on any atom is -0.497 e. The highest BCUT2D eigenvalue weighted by molar-refractivity contribution is 7.88. The predicted molar refractivity (Wildman–Crippen MR) is 88.1 cm³/mol. The summed E-state index contributed by atoms with van der Waals surface area (Å²) in [5, 5.41) is 2.52. The van der Waals surface area contributed by atoms with E-state index in [4.69, 9.17) is 9.47 Å². The Morgan fingerprint density at radius 3 is 2.65 bits per heavy atom. The number of rotatable bonds is 9. The lowest BCUT2D eigenvalue weighted by molar-refractivity contribution is 0.151. The van der Waals surface area contributed by atoms with Crippen LogP contribution in [0.15, 0.2) is 24.3 Å². The van der Waals surface area contributed by atoms with E-state index in [1.54, 1.807) is 14.0 Å². The summed E-state index contributed by atoms with van der Waals surface area (Å²) in [4.78, 5) is 11.2. The number of nitrogens with one attached hydrogen (secondary N) is 1. The molecule has 0 spiro atoms. The number of nitrogens with zero attached hydrogens (tertiary/aromatic N) is 1. The molecule has 0 aromatic heterocycles. The Hall–Kier alpha value is -1.80. The SMILES string of the molecule is CCOC(=O)NCCN(CCc1cccc(OC)c1)S(C)(=O)=O. The van der Waals surface area contributed by atoms with Crippen LogP contribution in [-0.4, -0.2) is 58.4 Å². The van der Waals surface area contributed by atoms with Crippen molar-refractivity contribution in [2.75, 3.05) is 39.6 Å². The lowest BCUT2D eigenvalue weighted by atomic mass is 10.1. The Morgan fingerprint density at radius 1 is 1.30 bits per heavy atom. The second-order valence-electron chi connectivity index (χ2n) is 4.91. The van der Waals surface area contributed by atoms with Crippen molar-refractivity contribution in [3.8, 4) is 5.75 Å². The molecule has 0 aliphatic rings. The van der Waals surface area contributed by atoms with Gasteiger partial charge in [-0.15, -0.1) is 0 Å². The number of ether oxygens (including phenoxy) is 2. The normalized spacial score (nSPS) is 11.3. The summed E-state index contributed by atoms with van der Waals surface area (Å²) in [7, 11) is -1.76. The van der Waals surface area contributed by atoms with Crippen LogP contribution in [0.2, 0.25) is 0 Å². The number of hydrogen-bond acceptors (Lipinski definition) is 5. The highest BCUT2D eigenvalue weighted by atomic mass is 32.2. The summed E-state index contributed by atoms with van der Waals surface area (Å²) in [6.45, 7) is 2.70. The quantitative estimate of drug-likeness (QED) is 0.729. The van der Waals surface area contributed by atoms with Gasteiger partial charge in [-0.3, -0.25) is 0 Å². The second kappa shape index (κ2) is 9.36. The van der Waals surface area contributed by atoms with E-state index in [-0.39, 0.29) is 19.7 Å². The third-order valence-corrected chi connectivity index (χ3v) is 4.46. The molecular formula is C15H24N2O5S. The fraction of sp³-hybridized carbons (Fsp3) is 0.533. The van der Waals surface area contributed by atoms with Crippen molar-refractivity contribution in [2.24, 2.45) is 0 Å². The van der Waals surface area contributed by atoms with Crippen molar-refractivity contribution < 1.29 is 22.7 Å². The van der Waals surface area contributed by atoms with E-state index in [1.165, 1.54) is 4.31 Å². The molecule has 1 amide bonds. The molecule has 1 N–H and O–H groups in total. The number of alkyl carbamates (subject to hydrolysis) is 1. The van der Waals surface area contributed by atoms with Gasteiger partial charge in [0.05, 0.1) is 20.0 Å². The maximum atomic E-state index is 11.8. The van der Waals surface area contributed by atoms with E-state index in [9.17, 15) is 13.2 Å². The van der Waals surface area contributed by atoms with Crippen LogP contribution < -0.4 is 10.1 Å². The zero-order valence-corrected chi connectivity index (χ0v) is 14.6. The summed E-state index contributed by atoms with van der Waals surface area (Å²) in [6.07, 6.45) is 1.17. The fourth-order valence-electron chi connectivity index (χ4n) is 1.99. The van der Waals surface area contributed by atoms with Crippen molar-refractivity contribution in [1.82, 2.24) is 9.62 Å². The predicted octanol–water partition coefficient (Wildman–Crippen LogP) is 1.25. The highest BCUT2D eigenvalue weighted by Crippen LogP contribution is 2.13. The van der Waals surface area contributed by atoms with E-state index in [0.717, 1.165) is 17.6 Å². The minimum absolute atomic E-state index is 0.196. The molecule has 7 nitrogen and oxygen atoms in total. The maximum Gasteiger partial charge on any atom is 0.407 e. The standard InChI is InChI=1S/C15H24N2O5S/c1-4-22-15(18)16-9-11-17(23(3,19)20)10-8-13-6-5-7-14(12-13)21-2/h5-7,12H,4,8-11H2,1-3H3,(H,16,18). The van der Waals surface area contributed by atoms with Crippen LogP contribution in [0, 0.1) is 0 Å². The molecule has 0 fully saturated rings. The molecule has 0 unspecified atom stereocenters. The molecule has 23 heavy (non-hydrogen) atoms. The van der Waals surface area contributed by atoms with Gasteiger partial charge in [0.25, 0.3) is 0 Å². The average molecular weight is 344 g/mol. The first kappa shape index (κ1) is 19.2. The van der Waals surface area contributed by atoms with E-state index >= 15 is 0 Å².